The van der Waals surface area contributed by atoms with Gasteiger partial charge in [0.05, 0.1) is 10.7 Å². The molecular formula is C4H3O2+. The van der Waals surface area contributed by atoms with Crippen molar-refractivity contribution in [2.24, 2.45) is 0 Å². The first kappa shape index (κ1) is 4.90. The maximum absolute atomic E-state index is 9.66. The molecule has 2 nitrogen and oxygen atoms in total. The lowest BCUT2D eigenvalue weighted by molar-refractivity contribution is -0.360. The summed E-state index contributed by atoms with van der Waals surface area (Å²) in [5.74, 6) is 0.950. The zero-order chi connectivity index (χ0) is 4.99. The fraction of sp³-hybridized carbons (Fsp3) is 0. The van der Waals surface area contributed by atoms with Crippen molar-refractivity contribution in [2.75, 3.05) is 0 Å². The molecule has 0 N–H and O–H groups in total. The topological polar surface area (TPSA) is 28.4 Å². The number of terminal acetylenes is 1. The van der Waals surface area contributed by atoms with Crippen LogP contribution in [-0.4, -0.2) is 12.8 Å². The van der Waals surface area contributed by atoms with Crippen molar-refractivity contribution in [1.82, 2.24) is 0 Å². The van der Waals surface area contributed by atoms with Crippen LogP contribution in [0.1, 0.15) is 0 Å². The molecule has 0 aromatic rings. The van der Waals surface area contributed by atoms with Crippen molar-refractivity contribution >= 4 is 12.8 Å². The highest BCUT2D eigenvalue weighted by molar-refractivity contribution is 5.84. The van der Waals surface area contributed by atoms with E-state index < -0.39 is 5.97 Å². The van der Waals surface area contributed by atoms with Crippen LogP contribution in [0, 0.1) is 12.3 Å². The SMILES string of the molecule is C#CC(=O)[O+]=C. The second-order valence-corrected chi connectivity index (χ2v) is 0.576. The van der Waals surface area contributed by atoms with Crippen LogP contribution in [0.15, 0.2) is 0 Å². The zero-order valence-corrected chi connectivity index (χ0v) is 3.10. The molecule has 0 fully saturated rings. The summed E-state index contributed by atoms with van der Waals surface area (Å²) in [6.45, 7) is 2.76. The molecule has 0 spiro atoms. The summed E-state index contributed by atoms with van der Waals surface area (Å²) in [5.41, 5.74) is 0. The largest absolute Gasteiger partial charge is 0.659 e. The maximum atomic E-state index is 9.66. The van der Waals surface area contributed by atoms with E-state index in [9.17, 15) is 4.79 Å². The van der Waals surface area contributed by atoms with Crippen LogP contribution >= 0.6 is 0 Å². The van der Waals surface area contributed by atoms with E-state index in [1.807, 2.05) is 0 Å². The van der Waals surface area contributed by atoms with Crippen LogP contribution in [0.3, 0.4) is 0 Å². The Bertz CT molecular complexity index is 107. The molecule has 0 aliphatic carbocycles. The molecule has 0 aliphatic rings. The minimum atomic E-state index is -0.741. The molecule has 0 atom stereocenters. The summed E-state index contributed by atoms with van der Waals surface area (Å²) in [6.07, 6.45) is 4.52. The lowest BCUT2D eigenvalue weighted by Gasteiger charge is -1.49. The van der Waals surface area contributed by atoms with Crippen molar-refractivity contribution < 1.29 is 9.22 Å². The lowest BCUT2D eigenvalue weighted by atomic mass is 10.7. The van der Waals surface area contributed by atoms with Crippen molar-refractivity contribution in [3.05, 3.63) is 0 Å². The minimum Gasteiger partial charge on any atom is -0.278 e. The molecule has 0 bridgehead atoms. The Morgan fingerprint density at radius 2 is 2.50 bits per heavy atom. The highest BCUT2D eigenvalue weighted by Crippen LogP contribution is 1.52. The van der Waals surface area contributed by atoms with E-state index in [-0.39, 0.29) is 0 Å². The summed E-state index contributed by atoms with van der Waals surface area (Å²) in [4.78, 5) is 9.66. The summed E-state index contributed by atoms with van der Waals surface area (Å²) in [7, 11) is 0. The Kier molecular flexibility index (Phi) is 1.76. The van der Waals surface area contributed by atoms with Gasteiger partial charge >= 0.3 is 5.97 Å². The third kappa shape index (κ3) is 1.24. The molecule has 0 unspecified atom stereocenters. The number of rotatable bonds is 0. The Morgan fingerprint density at radius 3 is 2.50 bits per heavy atom. The standard InChI is InChI=1S/C4H3O2/c1-3-4(5)6-2/h1H,2H2/q+1. The van der Waals surface area contributed by atoms with Crippen LogP contribution in [0.2, 0.25) is 0 Å². The summed E-state index contributed by atoms with van der Waals surface area (Å²) in [6, 6.07) is 0. The maximum Gasteiger partial charge on any atom is 0.659 e. The monoisotopic (exact) mass is 83.0 g/mol. The minimum absolute atomic E-state index is 0.741. The van der Waals surface area contributed by atoms with Gasteiger partial charge in [-0.15, -0.1) is 6.42 Å². The second kappa shape index (κ2) is 2.16. The van der Waals surface area contributed by atoms with E-state index in [1.54, 1.807) is 5.92 Å². The highest BCUT2D eigenvalue weighted by atomic mass is 16.4. The molecule has 30 valence electrons. The normalized spacial score (nSPS) is 5.83. The average Bonchev–Trinajstić information content (AvgIpc) is 1.65. The first-order chi connectivity index (χ1) is 2.81. The Hall–Kier alpha value is -1.10. The first-order valence-electron chi connectivity index (χ1n) is 1.24. The molecule has 0 aliphatic heterocycles. The number of carbonyl (C=O) groups is 1. The second-order valence-electron chi connectivity index (χ2n) is 0.576. The molecule has 0 rings (SSSR count). The van der Waals surface area contributed by atoms with Gasteiger partial charge in [-0.05, 0) is 0 Å². The smallest absolute Gasteiger partial charge is 0.278 e. The summed E-state index contributed by atoms with van der Waals surface area (Å²) in [5, 5.41) is 0. The summed E-state index contributed by atoms with van der Waals surface area (Å²) >= 11 is 0. The predicted octanol–water partition coefficient (Wildman–Crippen LogP) is -0.489. The van der Waals surface area contributed by atoms with E-state index >= 15 is 0 Å². The third-order valence-corrected chi connectivity index (χ3v) is 0.249. The Morgan fingerprint density at radius 1 is 2.00 bits per heavy atom. The van der Waals surface area contributed by atoms with Crippen molar-refractivity contribution in [3.8, 4) is 12.3 Å². The van der Waals surface area contributed by atoms with Gasteiger partial charge in [-0.1, -0.05) is 0 Å². The van der Waals surface area contributed by atoms with Crippen LogP contribution in [-0.2, 0) is 9.22 Å². The third-order valence-electron chi connectivity index (χ3n) is 0.249. The van der Waals surface area contributed by atoms with Gasteiger partial charge in [0.15, 0.2) is 6.79 Å². The Balaban J connectivity index is 3.63. The van der Waals surface area contributed by atoms with Crippen molar-refractivity contribution in [1.29, 1.82) is 0 Å². The fourth-order valence-electron chi connectivity index (χ4n) is 0.0417. The van der Waals surface area contributed by atoms with E-state index in [0.717, 1.165) is 0 Å². The molecule has 6 heavy (non-hydrogen) atoms. The average molecular weight is 83.1 g/mol. The van der Waals surface area contributed by atoms with Gasteiger partial charge in [0.25, 0.3) is 0 Å². The fourth-order valence-corrected chi connectivity index (χ4v) is 0.0417. The van der Waals surface area contributed by atoms with Crippen molar-refractivity contribution in [3.63, 3.8) is 0 Å². The van der Waals surface area contributed by atoms with Gasteiger partial charge < -0.3 is 0 Å². The molecule has 0 aromatic carbocycles. The first-order valence-corrected chi connectivity index (χ1v) is 1.24. The Labute approximate surface area is 35.5 Å². The number of hydrogen-bond donors (Lipinski definition) is 0. The van der Waals surface area contributed by atoms with Crippen LogP contribution in [0.4, 0.5) is 0 Å². The highest BCUT2D eigenvalue weighted by Gasteiger charge is 1.99. The number of carbonyl (C=O) groups excluding carboxylic acids is 2. The van der Waals surface area contributed by atoms with E-state index in [1.165, 1.54) is 0 Å². The van der Waals surface area contributed by atoms with Gasteiger partial charge in [0.1, 0.15) is 0 Å². The van der Waals surface area contributed by atoms with Gasteiger partial charge in [0.2, 0.25) is 0 Å². The van der Waals surface area contributed by atoms with Gasteiger partial charge in [-0.3, -0.25) is 4.42 Å². The van der Waals surface area contributed by atoms with Crippen molar-refractivity contribution in [2.45, 2.75) is 0 Å². The predicted molar refractivity (Wildman–Crippen MR) is 21.0 cm³/mol. The molecule has 2 heteroatoms. The van der Waals surface area contributed by atoms with Gasteiger partial charge in [-0.25, -0.2) is 0 Å². The molecule has 0 saturated heterocycles. The van der Waals surface area contributed by atoms with E-state index in [0.29, 0.717) is 0 Å². The molecule has 0 amide bonds. The molecular weight excluding hydrogens is 80.0 g/mol. The molecule has 0 heterocycles. The van der Waals surface area contributed by atoms with Crippen LogP contribution in [0.25, 0.3) is 0 Å². The molecule has 0 aromatic heterocycles. The summed E-state index contributed by atoms with van der Waals surface area (Å²) < 4.78 is 3.77. The quantitative estimate of drug-likeness (QED) is 0.287. The van der Waals surface area contributed by atoms with Gasteiger partial charge in [-0.2, -0.15) is 0 Å². The zero-order valence-electron chi connectivity index (χ0n) is 3.10. The lowest BCUT2D eigenvalue weighted by Crippen LogP contribution is -1.87. The van der Waals surface area contributed by atoms with Gasteiger partial charge in [0, 0.05) is 0 Å². The number of hydrogen-bond acceptors (Lipinski definition) is 1. The van der Waals surface area contributed by atoms with E-state index in [4.69, 9.17) is 0 Å². The van der Waals surface area contributed by atoms with Crippen LogP contribution < -0.4 is 0 Å². The van der Waals surface area contributed by atoms with Crippen LogP contribution in [0.5, 0.6) is 0 Å². The van der Waals surface area contributed by atoms with E-state index in [2.05, 4.69) is 17.6 Å². The molecule has 0 saturated carbocycles. The molecule has 0 radical (unpaired) electrons.